The first-order valence-electron chi connectivity index (χ1n) is 14.3. The van der Waals surface area contributed by atoms with Crippen molar-refractivity contribution in [3.8, 4) is 16.9 Å². The molecule has 1 fully saturated rings. The largest absolute Gasteiger partial charge is 0.487 e. The summed E-state index contributed by atoms with van der Waals surface area (Å²) >= 11 is 0. The molecule has 0 radical (unpaired) electrons. The lowest BCUT2D eigenvalue weighted by molar-refractivity contribution is -0.142. The second-order valence-corrected chi connectivity index (χ2v) is 10.6. The zero-order chi connectivity index (χ0) is 28.8. The van der Waals surface area contributed by atoms with Gasteiger partial charge in [0.2, 0.25) is 0 Å². The molecule has 1 saturated carbocycles. The van der Waals surface area contributed by atoms with E-state index in [0.29, 0.717) is 30.6 Å². The molecular formula is C33H38N4O4. The first kappa shape index (κ1) is 28.4. The smallest absolute Gasteiger partial charge is 0.310 e. The number of hydrogen-bond donors (Lipinski definition) is 2. The number of hydrogen-bond acceptors (Lipinski definition) is 6. The third kappa shape index (κ3) is 6.60. The Balaban J connectivity index is 1.52. The van der Waals surface area contributed by atoms with Gasteiger partial charge in [-0.05, 0) is 60.7 Å². The predicted molar refractivity (Wildman–Crippen MR) is 160 cm³/mol. The van der Waals surface area contributed by atoms with E-state index in [1.54, 1.807) is 14.0 Å². The zero-order valence-electron chi connectivity index (χ0n) is 23.8. The maximum absolute atomic E-state index is 12.3. The molecule has 0 bridgehead atoms. The lowest BCUT2D eigenvalue weighted by atomic mass is 9.95. The number of aromatic nitrogens is 2. The number of nitrogens with zero attached hydrogens (tertiary/aromatic N) is 2. The minimum absolute atomic E-state index is 0.0430. The van der Waals surface area contributed by atoms with Crippen LogP contribution in [0.5, 0.6) is 5.75 Å². The number of ether oxygens (including phenoxy) is 3. The van der Waals surface area contributed by atoms with E-state index in [1.807, 2.05) is 42.5 Å². The standard InChI is InChI=1S/C33H38N4O4/c1-3-40-32(38)19-25-13-12-22(20-39-2)16-31(25)41-21-29-28-18-24(23-8-7-9-26(17-23)33(34)35)14-15-30(28)37(36-29)27-10-5-4-6-11-27/h7-9,12-18,27H,3-6,10-11,19-21H2,1-2H3,(H3,34,35). The quantitative estimate of drug-likeness (QED) is 0.127. The Morgan fingerprint density at radius 2 is 1.83 bits per heavy atom. The Bertz CT molecular complexity index is 1540. The number of methoxy groups -OCH3 is 1. The van der Waals surface area contributed by atoms with Crippen molar-refractivity contribution in [2.45, 2.75) is 64.7 Å². The molecule has 1 heterocycles. The fourth-order valence-electron chi connectivity index (χ4n) is 5.61. The number of nitrogens with two attached hydrogens (primary N) is 1. The number of carbonyl (C=O) groups is 1. The molecule has 8 heteroatoms. The summed E-state index contributed by atoms with van der Waals surface area (Å²) < 4.78 is 19.1. The summed E-state index contributed by atoms with van der Waals surface area (Å²) in [6.07, 6.45) is 6.03. The number of carbonyl (C=O) groups excluding carboxylic acids is 1. The minimum atomic E-state index is -0.290. The van der Waals surface area contributed by atoms with Gasteiger partial charge in [-0.15, -0.1) is 0 Å². The molecular weight excluding hydrogens is 516 g/mol. The van der Waals surface area contributed by atoms with Gasteiger partial charge in [0.25, 0.3) is 0 Å². The Morgan fingerprint density at radius 3 is 2.59 bits per heavy atom. The molecule has 4 aromatic rings. The minimum Gasteiger partial charge on any atom is -0.487 e. The fourth-order valence-corrected chi connectivity index (χ4v) is 5.61. The Labute approximate surface area is 240 Å². The molecule has 214 valence electrons. The molecule has 0 saturated heterocycles. The molecule has 3 N–H and O–H groups in total. The molecule has 5 rings (SSSR count). The van der Waals surface area contributed by atoms with Gasteiger partial charge < -0.3 is 19.9 Å². The Hall–Kier alpha value is -4.17. The average molecular weight is 555 g/mol. The molecule has 1 aromatic heterocycles. The van der Waals surface area contributed by atoms with Crippen LogP contribution in [0.4, 0.5) is 0 Å². The third-order valence-corrected chi connectivity index (χ3v) is 7.66. The van der Waals surface area contributed by atoms with Gasteiger partial charge in [-0.3, -0.25) is 14.9 Å². The van der Waals surface area contributed by atoms with E-state index in [2.05, 4.69) is 22.9 Å². The molecule has 0 atom stereocenters. The summed E-state index contributed by atoms with van der Waals surface area (Å²) in [6.45, 7) is 2.83. The molecule has 0 amide bonds. The molecule has 0 spiro atoms. The highest BCUT2D eigenvalue weighted by atomic mass is 16.5. The third-order valence-electron chi connectivity index (χ3n) is 7.66. The van der Waals surface area contributed by atoms with E-state index in [1.165, 1.54) is 19.3 Å². The van der Waals surface area contributed by atoms with Gasteiger partial charge in [0.15, 0.2) is 0 Å². The van der Waals surface area contributed by atoms with Crippen LogP contribution in [0.15, 0.2) is 60.7 Å². The van der Waals surface area contributed by atoms with Crippen molar-refractivity contribution in [2.75, 3.05) is 13.7 Å². The molecule has 8 nitrogen and oxygen atoms in total. The van der Waals surface area contributed by atoms with Crippen molar-refractivity contribution in [3.05, 3.63) is 83.0 Å². The normalized spacial score (nSPS) is 13.8. The summed E-state index contributed by atoms with van der Waals surface area (Å²) in [6, 6.07) is 20.3. The second kappa shape index (κ2) is 13.0. The lowest BCUT2D eigenvalue weighted by Gasteiger charge is -2.22. The molecule has 3 aromatic carbocycles. The van der Waals surface area contributed by atoms with Gasteiger partial charge in [0, 0.05) is 23.6 Å². The number of nitrogens with one attached hydrogen (secondary N) is 1. The van der Waals surface area contributed by atoms with Crippen molar-refractivity contribution in [1.29, 1.82) is 5.41 Å². The Morgan fingerprint density at radius 1 is 1.02 bits per heavy atom. The van der Waals surface area contributed by atoms with Gasteiger partial charge in [0.1, 0.15) is 23.9 Å². The molecule has 1 aliphatic carbocycles. The maximum Gasteiger partial charge on any atom is 0.310 e. The van der Waals surface area contributed by atoms with Crippen LogP contribution in [-0.4, -0.2) is 35.3 Å². The lowest BCUT2D eigenvalue weighted by Crippen LogP contribution is -2.14. The molecule has 0 aliphatic heterocycles. The maximum atomic E-state index is 12.3. The van der Waals surface area contributed by atoms with E-state index < -0.39 is 0 Å². The van der Waals surface area contributed by atoms with Crippen LogP contribution in [0.1, 0.15) is 67.5 Å². The van der Waals surface area contributed by atoms with E-state index in [9.17, 15) is 4.79 Å². The first-order valence-corrected chi connectivity index (χ1v) is 14.3. The fraction of sp³-hybridized carbons (Fsp3) is 0.364. The van der Waals surface area contributed by atoms with Gasteiger partial charge >= 0.3 is 5.97 Å². The van der Waals surface area contributed by atoms with Crippen LogP contribution in [0.2, 0.25) is 0 Å². The van der Waals surface area contributed by atoms with Crippen LogP contribution in [0.25, 0.3) is 22.0 Å². The zero-order valence-corrected chi connectivity index (χ0v) is 23.8. The first-order chi connectivity index (χ1) is 20.0. The summed E-state index contributed by atoms with van der Waals surface area (Å²) in [4.78, 5) is 12.3. The van der Waals surface area contributed by atoms with Crippen molar-refractivity contribution in [2.24, 2.45) is 5.73 Å². The van der Waals surface area contributed by atoms with Crippen LogP contribution < -0.4 is 10.5 Å². The monoisotopic (exact) mass is 554 g/mol. The summed E-state index contributed by atoms with van der Waals surface area (Å²) in [5.74, 6) is 0.376. The van der Waals surface area contributed by atoms with Crippen molar-refractivity contribution >= 4 is 22.7 Å². The number of rotatable bonds is 11. The van der Waals surface area contributed by atoms with E-state index >= 15 is 0 Å². The van der Waals surface area contributed by atoms with Gasteiger partial charge in [-0.2, -0.15) is 5.10 Å². The molecule has 0 unspecified atom stereocenters. The summed E-state index contributed by atoms with van der Waals surface area (Å²) in [5.41, 5.74) is 12.1. The number of amidine groups is 1. The van der Waals surface area contributed by atoms with Crippen LogP contribution in [0.3, 0.4) is 0 Å². The number of nitrogen functional groups attached to an aromatic ring is 1. The highest BCUT2D eigenvalue weighted by Gasteiger charge is 2.22. The molecule has 41 heavy (non-hydrogen) atoms. The van der Waals surface area contributed by atoms with Crippen molar-refractivity contribution in [1.82, 2.24) is 9.78 Å². The molecule has 1 aliphatic rings. The highest BCUT2D eigenvalue weighted by Crippen LogP contribution is 2.34. The number of esters is 1. The highest BCUT2D eigenvalue weighted by molar-refractivity contribution is 5.96. The average Bonchev–Trinajstić information content (AvgIpc) is 3.36. The SMILES string of the molecule is CCOC(=O)Cc1ccc(COC)cc1OCc1nn(C2CCCCC2)c2ccc(-c3cccc(C(=N)N)c3)cc12. The van der Waals surface area contributed by atoms with Gasteiger partial charge in [-0.25, -0.2) is 0 Å². The number of fused-ring (bicyclic) bond motifs is 1. The van der Waals surface area contributed by atoms with Crippen LogP contribution >= 0.6 is 0 Å². The number of benzene rings is 3. The van der Waals surface area contributed by atoms with E-state index in [-0.39, 0.29) is 24.8 Å². The van der Waals surface area contributed by atoms with Crippen LogP contribution in [-0.2, 0) is 33.9 Å². The topological polar surface area (TPSA) is 112 Å². The second-order valence-electron chi connectivity index (χ2n) is 10.6. The van der Waals surface area contributed by atoms with Gasteiger partial charge in [-0.1, -0.05) is 55.7 Å². The summed E-state index contributed by atoms with van der Waals surface area (Å²) in [5, 5.41) is 14.0. The van der Waals surface area contributed by atoms with Crippen molar-refractivity contribution in [3.63, 3.8) is 0 Å². The van der Waals surface area contributed by atoms with E-state index in [4.69, 9.17) is 30.5 Å². The predicted octanol–water partition coefficient (Wildman–Crippen LogP) is 6.32. The Kier molecular flexibility index (Phi) is 8.99. The van der Waals surface area contributed by atoms with E-state index in [0.717, 1.165) is 51.7 Å². The van der Waals surface area contributed by atoms with Crippen molar-refractivity contribution < 1.29 is 19.0 Å². The van der Waals surface area contributed by atoms with Crippen LogP contribution in [0, 0.1) is 5.41 Å². The van der Waals surface area contributed by atoms with Gasteiger partial charge in [0.05, 0.1) is 31.2 Å². The summed E-state index contributed by atoms with van der Waals surface area (Å²) in [7, 11) is 1.65.